The number of carbonyl (C=O) groups is 1. The summed E-state index contributed by atoms with van der Waals surface area (Å²) in [4.78, 5) is 21.2. The lowest BCUT2D eigenvalue weighted by molar-refractivity contribution is -0.384. The Labute approximate surface area is 131 Å². The largest absolute Gasteiger partial charge is 0.481 e. The third-order valence-corrected chi connectivity index (χ3v) is 3.55. The van der Waals surface area contributed by atoms with Gasteiger partial charge in [0.15, 0.2) is 0 Å². The maximum absolute atomic E-state index is 11.0. The zero-order valence-corrected chi connectivity index (χ0v) is 12.4. The molecular weight excluding hydrogens is 308 g/mol. The first-order chi connectivity index (χ1) is 10.4. The summed E-state index contributed by atoms with van der Waals surface area (Å²) in [5.74, 6) is -1.58. The van der Waals surface area contributed by atoms with Gasteiger partial charge < -0.3 is 10.4 Å². The average Bonchev–Trinajstić information content (AvgIpc) is 2.49. The molecule has 0 aliphatic heterocycles. The topological polar surface area (TPSA) is 92.5 Å². The first-order valence-corrected chi connectivity index (χ1v) is 6.80. The highest BCUT2D eigenvalue weighted by molar-refractivity contribution is 6.33. The van der Waals surface area contributed by atoms with Gasteiger partial charge in [-0.2, -0.15) is 0 Å². The first-order valence-electron chi connectivity index (χ1n) is 6.42. The molecule has 0 heterocycles. The van der Waals surface area contributed by atoms with Crippen LogP contribution in [-0.2, 0) is 4.79 Å². The minimum absolute atomic E-state index is 0.00935. The number of hydrogen-bond donors (Lipinski definition) is 2. The van der Waals surface area contributed by atoms with Crippen LogP contribution in [0, 0.1) is 10.1 Å². The van der Waals surface area contributed by atoms with E-state index in [4.69, 9.17) is 16.7 Å². The average molecular weight is 321 g/mol. The van der Waals surface area contributed by atoms with Crippen molar-refractivity contribution >= 4 is 34.6 Å². The Morgan fingerprint density at radius 2 is 1.91 bits per heavy atom. The molecule has 0 spiro atoms. The Morgan fingerprint density at radius 3 is 2.45 bits per heavy atom. The first kappa shape index (κ1) is 15.8. The summed E-state index contributed by atoms with van der Waals surface area (Å²) >= 11 is 6.09. The number of anilines is 2. The number of nitro benzene ring substituents is 1. The predicted octanol–water partition coefficient (Wildman–Crippen LogP) is 4.18. The number of nitrogens with one attached hydrogen (secondary N) is 1. The molecule has 22 heavy (non-hydrogen) atoms. The van der Waals surface area contributed by atoms with Crippen LogP contribution in [0.3, 0.4) is 0 Å². The molecule has 1 atom stereocenters. The molecule has 2 N–H and O–H groups in total. The fourth-order valence-corrected chi connectivity index (χ4v) is 2.04. The van der Waals surface area contributed by atoms with Gasteiger partial charge in [-0.05, 0) is 36.8 Å². The van der Waals surface area contributed by atoms with E-state index in [1.165, 1.54) is 12.1 Å². The van der Waals surface area contributed by atoms with Gasteiger partial charge in [0.2, 0.25) is 0 Å². The fourth-order valence-electron chi connectivity index (χ4n) is 1.87. The summed E-state index contributed by atoms with van der Waals surface area (Å²) < 4.78 is 0. The lowest BCUT2D eigenvalue weighted by atomic mass is 10.0. The Kier molecular flexibility index (Phi) is 4.62. The second-order valence-corrected chi connectivity index (χ2v) is 5.14. The molecule has 2 rings (SSSR count). The molecule has 0 aliphatic rings. The van der Waals surface area contributed by atoms with Crippen molar-refractivity contribution in [2.75, 3.05) is 5.32 Å². The number of non-ortho nitro benzene ring substituents is 1. The lowest BCUT2D eigenvalue weighted by Gasteiger charge is -2.12. The summed E-state index contributed by atoms with van der Waals surface area (Å²) in [7, 11) is 0. The Hall–Kier alpha value is -2.60. The van der Waals surface area contributed by atoms with Crippen molar-refractivity contribution in [3.8, 4) is 0 Å². The standard InChI is InChI=1S/C15H13ClN2O4/c1-9(15(19)20)10-2-7-13(16)14(8-10)17-11-3-5-12(6-4-11)18(21)22/h2-9,17H,1H3,(H,19,20). The molecule has 0 aliphatic carbocycles. The van der Waals surface area contributed by atoms with Gasteiger partial charge in [0, 0.05) is 17.8 Å². The van der Waals surface area contributed by atoms with E-state index in [2.05, 4.69) is 5.32 Å². The second kappa shape index (κ2) is 6.44. The molecule has 0 aromatic heterocycles. The van der Waals surface area contributed by atoms with Crippen LogP contribution in [0.5, 0.6) is 0 Å². The van der Waals surface area contributed by atoms with E-state index in [9.17, 15) is 14.9 Å². The summed E-state index contributed by atoms with van der Waals surface area (Å²) in [6.07, 6.45) is 0. The lowest BCUT2D eigenvalue weighted by Crippen LogP contribution is -2.07. The minimum atomic E-state index is -0.927. The molecule has 0 bridgehead atoms. The van der Waals surface area contributed by atoms with E-state index in [1.807, 2.05) is 0 Å². The monoisotopic (exact) mass is 320 g/mol. The van der Waals surface area contributed by atoms with Crippen LogP contribution in [0.4, 0.5) is 17.1 Å². The number of nitrogens with zero attached hydrogens (tertiary/aromatic N) is 1. The van der Waals surface area contributed by atoms with Gasteiger partial charge in [-0.15, -0.1) is 0 Å². The predicted molar refractivity (Wildman–Crippen MR) is 83.9 cm³/mol. The molecule has 0 amide bonds. The van der Waals surface area contributed by atoms with Gasteiger partial charge in [-0.25, -0.2) is 0 Å². The minimum Gasteiger partial charge on any atom is -0.481 e. The maximum atomic E-state index is 11.0. The van der Waals surface area contributed by atoms with E-state index in [0.29, 0.717) is 22.0 Å². The number of carboxylic acid groups (broad SMARTS) is 1. The summed E-state index contributed by atoms with van der Waals surface area (Å²) in [5, 5.41) is 23.1. The van der Waals surface area contributed by atoms with E-state index < -0.39 is 16.8 Å². The molecule has 0 fully saturated rings. The quantitative estimate of drug-likeness (QED) is 0.636. The van der Waals surface area contributed by atoms with Crippen LogP contribution in [0.25, 0.3) is 0 Å². The van der Waals surface area contributed by atoms with Gasteiger partial charge in [0.05, 0.1) is 21.6 Å². The number of benzene rings is 2. The summed E-state index contributed by atoms with van der Waals surface area (Å²) in [6, 6.07) is 10.8. The van der Waals surface area contributed by atoms with Gasteiger partial charge in [0.1, 0.15) is 0 Å². The number of rotatable bonds is 5. The van der Waals surface area contributed by atoms with Crippen molar-refractivity contribution in [1.82, 2.24) is 0 Å². The van der Waals surface area contributed by atoms with E-state index in [1.54, 1.807) is 37.3 Å². The number of aliphatic carboxylic acids is 1. The van der Waals surface area contributed by atoms with Crippen LogP contribution in [-0.4, -0.2) is 16.0 Å². The van der Waals surface area contributed by atoms with E-state index in [-0.39, 0.29) is 5.69 Å². The zero-order valence-electron chi connectivity index (χ0n) is 11.6. The van der Waals surface area contributed by atoms with E-state index >= 15 is 0 Å². The van der Waals surface area contributed by atoms with Crippen LogP contribution < -0.4 is 5.32 Å². The summed E-state index contributed by atoms with van der Waals surface area (Å²) in [6.45, 7) is 1.58. The highest BCUT2D eigenvalue weighted by Gasteiger charge is 2.15. The van der Waals surface area contributed by atoms with Gasteiger partial charge in [0.25, 0.3) is 5.69 Å². The van der Waals surface area contributed by atoms with Crippen molar-refractivity contribution in [1.29, 1.82) is 0 Å². The van der Waals surface area contributed by atoms with Crippen molar-refractivity contribution in [3.05, 3.63) is 63.2 Å². The number of nitro groups is 1. The molecule has 114 valence electrons. The number of halogens is 1. The maximum Gasteiger partial charge on any atom is 0.310 e. The van der Waals surface area contributed by atoms with Gasteiger partial charge >= 0.3 is 5.97 Å². The summed E-state index contributed by atoms with van der Waals surface area (Å²) in [5.41, 5.74) is 1.76. The van der Waals surface area contributed by atoms with Crippen molar-refractivity contribution in [2.45, 2.75) is 12.8 Å². The Morgan fingerprint density at radius 1 is 1.27 bits per heavy atom. The van der Waals surface area contributed by atoms with Crippen LogP contribution in [0.15, 0.2) is 42.5 Å². The third-order valence-electron chi connectivity index (χ3n) is 3.22. The van der Waals surface area contributed by atoms with Crippen LogP contribution >= 0.6 is 11.6 Å². The van der Waals surface area contributed by atoms with Crippen molar-refractivity contribution in [3.63, 3.8) is 0 Å². The third kappa shape index (κ3) is 3.53. The molecule has 2 aromatic carbocycles. The smallest absolute Gasteiger partial charge is 0.310 e. The second-order valence-electron chi connectivity index (χ2n) is 4.73. The van der Waals surface area contributed by atoms with Crippen molar-refractivity contribution < 1.29 is 14.8 Å². The number of hydrogen-bond acceptors (Lipinski definition) is 4. The SMILES string of the molecule is CC(C(=O)O)c1ccc(Cl)c(Nc2ccc([N+](=O)[O-])cc2)c1. The molecule has 0 saturated heterocycles. The van der Waals surface area contributed by atoms with Crippen molar-refractivity contribution in [2.24, 2.45) is 0 Å². The van der Waals surface area contributed by atoms with Gasteiger partial charge in [-0.1, -0.05) is 17.7 Å². The zero-order chi connectivity index (χ0) is 16.3. The highest BCUT2D eigenvalue weighted by atomic mass is 35.5. The Balaban J connectivity index is 2.26. The Bertz CT molecular complexity index is 716. The van der Waals surface area contributed by atoms with Crippen LogP contribution in [0.2, 0.25) is 5.02 Å². The molecule has 2 aromatic rings. The van der Waals surface area contributed by atoms with E-state index in [0.717, 1.165) is 0 Å². The normalized spacial score (nSPS) is 11.7. The highest BCUT2D eigenvalue weighted by Crippen LogP contribution is 2.30. The molecule has 6 nitrogen and oxygen atoms in total. The molecule has 1 unspecified atom stereocenters. The number of carboxylic acids is 1. The molecule has 0 saturated carbocycles. The fraction of sp³-hybridized carbons (Fsp3) is 0.133. The van der Waals surface area contributed by atoms with Gasteiger partial charge in [-0.3, -0.25) is 14.9 Å². The molecular formula is C15H13ClN2O4. The molecule has 0 radical (unpaired) electrons. The van der Waals surface area contributed by atoms with Crippen LogP contribution in [0.1, 0.15) is 18.4 Å². The molecule has 7 heteroatoms.